The SMILES string of the molecule is CCc1nccn1-c1cc(C(C)O)ccn1. The molecule has 0 aromatic carbocycles. The Morgan fingerprint density at radius 1 is 1.38 bits per heavy atom. The molecule has 0 amide bonds. The van der Waals surface area contributed by atoms with Crippen molar-refractivity contribution >= 4 is 0 Å². The summed E-state index contributed by atoms with van der Waals surface area (Å²) in [5.41, 5.74) is 0.862. The number of aryl methyl sites for hydroxylation is 1. The van der Waals surface area contributed by atoms with Crippen LogP contribution in [0.15, 0.2) is 30.7 Å². The fourth-order valence-corrected chi connectivity index (χ4v) is 1.63. The maximum atomic E-state index is 9.52. The predicted octanol–water partition coefficient (Wildman–Crippen LogP) is 1.88. The second-order valence-electron chi connectivity index (χ2n) is 3.69. The van der Waals surface area contributed by atoms with Gasteiger partial charge in [0.05, 0.1) is 6.10 Å². The van der Waals surface area contributed by atoms with E-state index in [4.69, 9.17) is 0 Å². The minimum absolute atomic E-state index is 0.477. The predicted molar refractivity (Wildman–Crippen MR) is 61.4 cm³/mol. The summed E-state index contributed by atoms with van der Waals surface area (Å²) in [5.74, 6) is 1.77. The van der Waals surface area contributed by atoms with Crippen molar-refractivity contribution in [1.29, 1.82) is 0 Å². The first-order valence-electron chi connectivity index (χ1n) is 5.39. The maximum Gasteiger partial charge on any atom is 0.138 e. The number of aromatic nitrogens is 3. The molecule has 2 aromatic rings. The monoisotopic (exact) mass is 217 g/mol. The second kappa shape index (κ2) is 4.45. The van der Waals surface area contributed by atoms with Crippen molar-refractivity contribution in [3.63, 3.8) is 0 Å². The third-order valence-corrected chi connectivity index (χ3v) is 2.53. The molecule has 1 unspecified atom stereocenters. The van der Waals surface area contributed by atoms with Gasteiger partial charge in [-0.3, -0.25) is 4.57 Å². The molecule has 0 aliphatic carbocycles. The molecule has 2 rings (SSSR count). The average Bonchev–Trinajstić information content (AvgIpc) is 2.77. The van der Waals surface area contributed by atoms with Crippen LogP contribution in [0.1, 0.15) is 31.3 Å². The zero-order chi connectivity index (χ0) is 11.5. The van der Waals surface area contributed by atoms with E-state index in [2.05, 4.69) is 16.9 Å². The van der Waals surface area contributed by atoms with Crippen molar-refractivity contribution < 1.29 is 5.11 Å². The van der Waals surface area contributed by atoms with Crippen LogP contribution < -0.4 is 0 Å². The summed E-state index contributed by atoms with van der Waals surface area (Å²) >= 11 is 0. The Morgan fingerprint density at radius 2 is 2.19 bits per heavy atom. The Morgan fingerprint density at radius 3 is 2.88 bits per heavy atom. The summed E-state index contributed by atoms with van der Waals surface area (Å²) in [5, 5.41) is 9.52. The van der Waals surface area contributed by atoms with Crippen LogP contribution >= 0.6 is 0 Å². The second-order valence-corrected chi connectivity index (χ2v) is 3.69. The van der Waals surface area contributed by atoms with Crippen molar-refractivity contribution in [2.45, 2.75) is 26.4 Å². The van der Waals surface area contributed by atoms with Crippen molar-refractivity contribution in [3.8, 4) is 5.82 Å². The molecular weight excluding hydrogens is 202 g/mol. The number of rotatable bonds is 3. The fourth-order valence-electron chi connectivity index (χ4n) is 1.63. The Labute approximate surface area is 94.6 Å². The topological polar surface area (TPSA) is 50.9 Å². The largest absolute Gasteiger partial charge is 0.389 e. The van der Waals surface area contributed by atoms with E-state index in [-0.39, 0.29) is 0 Å². The fraction of sp³-hybridized carbons (Fsp3) is 0.333. The molecule has 16 heavy (non-hydrogen) atoms. The van der Waals surface area contributed by atoms with E-state index in [1.54, 1.807) is 19.3 Å². The standard InChI is InChI=1S/C12H15N3O/c1-3-11-14-6-7-15(11)12-8-10(9(2)16)4-5-13-12/h4-9,16H,3H2,1-2H3. The van der Waals surface area contributed by atoms with Crippen LogP contribution in [0.5, 0.6) is 0 Å². The van der Waals surface area contributed by atoms with Crippen molar-refractivity contribution in [1.82, 2.24) is 14.5 Å². The molecule has 2 aromatic heterocycles. The van der Waals surface area contributed by atoms with Crippen LogP contribution in [0, 0.1) is 0 Å². The summed E-state index contributed by atoms with van der Waals surface area (Å²) < 4.78 is 1.94. The van der Waals surface area contributed by atoms with Gasteiger partial charge in [-0.15, -0.1) is 0 Å². The summed E-state index contributed by atoms with van der Waals surface area (Å²) in [6.45, 7) is 3.80. The molecule has 0 saturated carbocycles. The van der Waals surface area contributed by atoms with E-state index in [0.717, 1.165) is 23.6 Å². The molecule has 1 N–H and O–H groups in total. The molecule has 0 aliphatic rings. The number of aliphatic hydroxyl groups is 1. The normalized spacial score (nSPS) is 12.7. The van der Waals surface area contributed by atoms with Gasteiger partial charge in [0.2, 0.25) is 0 Å². The Hall–Kier alpha value is -1.68. The third kappa shape index (κ3) is 1.97. The van der Waals surface area contributed by atoms with E-state index in [1.807, 2.05) is 22.9 Å². The Kier molecular flexibility index (Phi) is 3.01. The van der Waals surface area contributed by atoms with E-state index in [1.165, 1.54) is 0 Å². The molecule has 2 heterocycles. The van der Waals surface area contributed by atoms with Gasteiger partial charge >= 0.3 is 0 Å². The molecule has 0 fully saturated rings. The highest BCUT2D eigenvalue weighted by Gasteiger charge is 2.06. The zero-order valence-corrected chi connectivity index (χ0v) is 9.46. The highest BCUT2D eigenvalue weighted by Crippen LogP contribution is 2.15. The quantitative estimate of drug-likeness (QED) is 0.854. The molecule has 84 valence electrons. The van der Waals surface area contributed by atoms with E-state index >= 15 is 0 Å². The van der Waals surface area contributed by atoms with E-state index in [0.29, 0.717) is 0 Å². The molecule has 0 saturated heterocycles. The number of hydrogen-bond donors (Lipinski definition) is 1. The summed E-state index contributed by atoms with van der Waals surface area (Å²) in [6, 6.07) is 3.70. The third-order valence-electron chi connectivity index (χ3n) is 2.53. The first-order chi connectivity index (χ1) is 7.72. The first-order valence-corrected chi connectivity index (χ1v) is 5.39. The first kappa shape index (κ1) is 10.8. The van der Waals surface area contributed by atoms with Gasteiger partial charge in [-0.1, -0.05) is 6.92 Å². The summed E-state index contributed by atoms with van der Waals surface area (Å²) in [6.07, 6.45) is 5.72. The van der Waals surface area contributed by atoms with Crippen LogP contribution in [0.3, 0.4) is 0 Å². The van der Waals surface area contributed by atoms with Crippen LogP contribution in [0.2, 0.25) is 0 Å². The number of pyridine rings is 1. The van der Waals surface area contributed by atoms with Gasteiger partial charge in [0.1, 0.15) is 11.6 Å². The number of imidazole rings is 1. The van der Waals surface area contributed by atoms with Gasteiger partial charge in [-0.05, 0) is 24.6 Å². The molecule has 4 heteroatoms. The molecule has 4 nitrogen and oxygen atoms in total. The highest BCUT2D eigenvalue weighted by molar-refractivity contribution is 5.30. The lowest BCUT2D eigenvalue weighted by Gasteiger charge is -2.09. The smallest absolute Gasteiger partial charge is 0.138 e. The average molecular weight is 217 g/mol. The van der Waals surface area contributed by atoms with E-state index < -0.39 is 6.10 Å². The Bertz CT molecular complexity index is 477. The zero-order valence-electron chi connectivity index (χ0n) is 9.46. The number of aliphatic hydroxyl groups excluding tert-OH is 1. The minimum atomic E-state index is -0.477. The van der Waals surface area contributed by atoms with Gasteiger partial charge in [0.25, 0.3) is 0 Å². The van der Waals surface area contributed by atoms with Crippen LogP contribution in [-0.2, 0) is 6.42 Å². The number of hydrogen-bond acceptors (Lipinski definition) is 3. The molecule has 0 radical (unpaired) electrons. The highest BCUT2D eigenvalue weighted by atomic mass is 16.3. The molecule has 0 spiro atoms. The van der Waals surface area contributed by atoms with Gasteiger partial charge in [0, 0.05) is 25.0 Å². The lowest BCUT2D eigenvalue weighted by molar-refractivity contribution is 0.199. The molecule has 1 atom stereocenters. The Balaban J connectivity index is 2.44. The van der Waals surface area contributed by atoms with Gasteiger partial charge < -0.3 is 5.11 Å². The van der Waals surface area contributed by atoms with Crippen molar-refractivity contribution in [2.75, 3.05) is 0 Å². The lowest BCUT2D eigenvalue weighted by Crippen LogP contribution is -2.03. The molecule has 0 bridgehead atoms. The van der Waals surface area contributed by atoms with Crippen LogP contribution in [-0.4, -0.2) is 19.6 Å². The lowest BCUT2D eigenvalue weighted by atomic mass is 10.2. The van der Waals surface area contributed by atoms with Gasteiger partial charge in [-0.2, -0.15) is 0 Å². The minimum Gasteiger partial charge on any atom is -0.389 e. The summed E-state index contributed by atoms with van der Waals surface area (Å²) in [7, 11) is 0. The number of nitrogens with zero attached hydrogens (tertiary/aromatic N) is 3. The van der Waals surface area contributed by atoms with Crippen LogP contribution in [0.25, 0.3) is 5.82 Å². The molecular formula is C12H15N3O. The van der Waals surface area contributed by atoms with Crippen molar-refractivity contribution in [3.05, 3.63) is 42.1 Å². The molecule has 0 aliphatic heterocycles. The van der Waals surface area contributed by atoms with Gasteiger partial charge in [-0.25, -0.2) is 9.97 Å². The summed E-state index contributed by atoms with van der Waals surface area (Å²) in [4.78, 5) is 8.53. The van der Waals surface area contributed by atoms with Crippen LogP contribution in [0.4, 0.5) is 0 Å². The van der Waals surface area contributed by atoms with Crippen molar-refractivity contribution in [2.24, 2.45) is 0 Å². The maximum absolute atomic E-state index is 9.52. The van der Waals surface area contributed by atoms with Gasteiger partial charge in [0.15, 0.2) is 0 Å². The van der Waals surface area contributed by atoms with E-state index in [9.17, 15) is 5.11 Å².